The minimum Gasteiger partial charge on any atom is -0.481 e. The average molecular weight is 224 g/mol. The van der Waals surface area contributed by atoms with Gasteiger partial charge in [-0.3, -0.25) is 14.9 Å². The Morgan fingerprint density at radius 3 is 2.62 bits per heavy atom. The lowest BCUT2D eigenvalue weighted by molar-refractivity contribution is -0.156. The number of carbonyl (C=O) groups excluding carboxylic acids is 2. The second-order valence-electron chi connectivity index (χ2n) is 5.01. The number of imide groups is 1. The number of aliphatic carboxylic acids is 1. The third kappa shape index (κ3) is 0.819. The fraction of sp³-hybridized carbons (Fsp3) is 0.700. The van der Waals surface area contributed by atoms with Crippen molar-refractivity contribution in [3.63, 3.8) is 0 Å². The Balaban J connectivity index is 2.12. The predicted octanol–water partition coefficient (Wildman–Crippen LogP) is -0.161. The molecule has 16 heavy (non-hydrogen) atoms. The van der Waals surface area contributed by atoms with E-state index in [0.717, 1.165) is 6.42 Å². The molecule has 3 aliphatic rings. The molecule has 6 heteroatoms. The number of fused-ring (bicyclic) bond motifs is 3. The summed E-state index contributed by atoms with van der Waals surface area (Å²) in [5.41, 5.74) is -2.28. The zero-order valence-electron chi connectivity index (χ0n) is 8.58. The first-order chi connectivity index (χ1) is 7.50. The van der Waals surface area contributed by atoms with Gasteiger partial charge in [0.25, 0.3) is 5.91 Å². The zero-order chi connectivity index (χ0) is 11.6. The number of hydrogen-bond acceptors (Lipinski definition) is 3. The summed E-state index contributed by atoms with van der Waals surface area (Å²) >= 11 is 0. The number of rotatable bonds is 1. The van der Waals surface area contributed by atoms with Gasteiger partial charge in [0.1, 0.15) is 11.0 Å². The maximum atomic E-state index is 11.9. The van der Waals surface area contributed by atoms with E-state index in [0.29, 0.717) is 19.3 Å². The van der Waals surface area contributed by atoms with Gasteiger partial charge in [0.15, 0.2) is 0 Å². The molecule has 2 bridgehead atoms. The van der Waals surface area contributed by atoms with E-state index in [1.54, 1.807) is 0 Å². The fourth-order valence-electron chi connectivity index (χ4n) is 3.69. The van der Waals surface area contributed by atoms with Crippen molar-refractivity contribution in [3.05, 3.63) is 0 Å². The minimum absolute atomic E-state index is 0.236. The summed E-state index contributed by atoms with van der Waals surface area (Å²) in [5, 5.41) is 14.1. The number of urea groups is 1. The molecule has 0 aromatic rings. The normalized spacial score (nSPS) is 44.9. The number of carbonyl (C=O) groups is 3. The highest BCUT2D eigenvalue weighted by Crippen LogP contribution is 2.60. The Hall–Kier alpha value is -1.59. The van der Waals surface area contributed by atoms with Gasteiger partial charge in [-0.1, -0.05) is 0 Å². The van der Waals surface area contributed by atoms with Crippen LogP contribution in [0.25, 0.3) is 0 Å². The number of carboxylic acids is 1. The highest BCUT2D eigenvalue weighted by Gasteiger charge is 2.72. The summed E-state index contributed by atoms with van der Waals surface area (Å²) in [5.74, 6) is -1.20. The molecule has 0 unspecified atom stereocenters. The molecule has 3 rings (SSSR count). The smallest absolute Gasteiger partial charge is 0.322 e. The number of amides is 3. The molecule has 3 N–H and O–H groups in total. The van der Waals surface area contributed by atoms with Crippen molar-refractivity contribution in [3.8, 4) is 0 Å². The first kappa shape index (κ1) is 9.62. The van der Waals surface area contributed by atoms with E-state index in [1.165, 1.54) is 0 Å². The maximum absolute atomic E-state index is 11.9. The lowest BCUT2D eigenvalue weighted by Gasteiger charge is -2.38. The molecule has 0 radical (unpaired) electrons. The number of hydrogen-bond donors (Lipinski definition) is 3. The highest BCUT2D eigenvalue weighted by molar-refractivity contribution is 6.10. The van der Waals surface area contributed by atoms with Crippen LogP contribution >= 0.6 is 0 Å². The van der Waals surface area contributed by atoms with E-state index < -0.39 is 28.9 Å². The van der Waals surface area contributed by atoms with Crippen LogP contribution in [0.3, 0.4) is 0 Å². The van der Waals surface area contributed by atoms with Crippen LogP contribution < -0.4 is 10.6 Å². The van der Waals surface area contributed by atoms with Crippen LogP contribution in [-0.2, 0) is 9.59 Å². The van der Waals surface area contributed by atoms with Crippen LogP contribution in [-0.4, -0.2) is 28.6 Å². The van der Waals surface area contributed by atoms with E-state index in [2.05, 4.69) is 10.6 Å². The molecule has 3 fully saturated rings. The Morgan fingerprint density at radius 2 is 2.12 bits per heavy atom. The monoisotopic (exact) mass is 224 g/mol. The van der Waals surface area contributed by atoms with Gasteiger partial charge in [-0.25, -0.2) is 4.79 Å². The summed E-state index contributed by atoms with van der Waals surface area (Å²) in [6.07, 6.45) is 2.25. The molecule has 0 aromatic carbocycles. The van der Waals surface area contributed by atoms with Crippen LogP contribution in [0.5, 0.6) is 0 Å². The highest BCUT2D eigenvalue weighted by atomic mass is 16.4. The lowest BCUT2D eigenvalue weighted by Crippen LogP contribution is -2.60. The number of carboxylic acid groups (broad SMARTS) is 1. The summed E-state index contributed by atoms with van der Waals surface area (Å²) in [7, 11) is 0. The van der Waals surface area contributed by atoms with E-state index in [9.17, 15) is 19.5 Å². The molecule has 86 valence electrons. The summed E-state index contributed by atoms with van der Waals surface area (Å²) in [6, 6.07) is -0.571. The van der Waals surface area contributed by atoms with Crippen LogP contribution in [0.2, 0.25) is 0 Å². The van der Waals surface area contributed by atoms with Gasteiger partial charge in [0, 0.05) is 0 Å². The molecule has 2 aliphatic carbocycles. The van der Waals surface area contributed by atoms with Crippen LogP contribution in [0.4, 0.5) is 4.79 Å². The second kappa shape index (κ2) is 2.56. The quantitative estimate of drug-likeness (QED) is 0.539. The van der Waals surface area contributed by atoms with Gasteiger partial charge in [0.05, 0.1) is 0 Å². The largest absolute Gasteiger partial charge is 0.481 e. The molecular formula is C10H12N2O4. The van der Waals surface area contributed by atoms with E-state index in [-0.39, 0.29) is 5.92 Å². The first-order valence-corrected chi connectivity index (χ1v) is 5.37. The van der Waals surface area contributed by atoms with Crippen LogP contribution in [0, 0.1) is 11.3 Å². The molecule has 6 nitrogen and oxygen atoms in total. The Kier molecular flexibility index (Phi) is 1.54. The topological polar surface area (TPSA) is 95.5 Å². The SMILES string of the molecule is O=C1NC(=O)[C@@]2(C[C@H]3CC[C@@]2(C(=O)O)C3)N1. The molecule has 3 atom stereocenters. The molecule has 1 aliphatic heterocycles. The molecule has 2 saturated carbocycles. The third-order valence-corrected chi connectivity index (χ3v) is 4.38. The van der Waals surface area contributed by atoms with Gasteiger partial charge in [-0.2, -0.15) is 0 Å². The van der Waals surface area contributed by atoms with Gasteiger partial charge in [-0.05, 0) is 31.6 Å². The Labute approximate surface area is 91.4 Å². The van der Waals surface area contributed by atoms with Crippen LogP contribution in [0.1, 0.15) is 25.7 Å². The maximum Gasteiger partial charge on any atom is 0.322 e. The van der Waals surface area contributed by atoms with Crippen LogP contribution in [0.15, 0.2) is 0 Å². The van der Waals surface area contributed by atoms with Crippen molar-refractivity contribution in [1.82, 2.24) is 10.6 Å². The van der Waals surface area contributed by atoms with Gasteiger partial charge in [0.2, 0.25) is 0 Å². The fourth-order valence-corrected chi connectivity index (χ4v) is 3.69. The predicted molar refractivity (Wildman–Crippen MR) is 51.4 cm³/mol. The average Bonchev–Trinajstić information content (AvgIpc) is 2.80. The van der Waals surface area contributed by atoms with Gasteiger partial charge >= 0.3 is 12.0 Å². The lowest BCUT2D eigenvalue weighted by atomic mass is 9.68. The van der Waals surface area contributed by atoms with Crippen molar-refractivity contribution >= 4 is 17.9 Å². The summed E-state index contributed by atoms with van der Waals surface area (Å²) in [6.45, 7) is 0. The van der Waals surface area contributed by atoms with Crippen molar-refractivity contribution in [2.24, 2.45) is 11.3 Å². The van der Waals surface area contributed by atoms with Crippen molar-refractivity contribution in [2.45, 2.75) is 31.2 Å². The minimum atomic E-state index is -1.20. The Bertz CT molecular complexity index is 421. The van der Waals surface area contributed by atoms with E-state index >= 15 is 0 Å². The van der Waals surface area contributed by atoms with Crippen molar-refractivity contribution < 1.29 is 19.5 Å². The van der Waals surface area contributed by atoms with E-state index in [4.69, 9.17) is 0 Å². The zero-order valence-corrected chi connectivity index (χ0v) is 8.58. The Morgan fingerprint density at radius 1 is 1.38 bits per heavy atom. The molecule has 0 aromatic heterocycles. The number of nitrogens with one attached hydrogen (secondary N) is 2. The molecular weight excluding hydrogens is 212 g/mol. The molecule has 1 heterocycles. The first-order valence-electron chi connectivity index (χ1n) is 5.37. The van der Waals surface area contributed by atoms with Crippen molar-refractivity contribution in [2.75, 3.05) is 0 Å². The van der Waals surface area contributed by atoms with E-state index in [1.807, 2.05) is 0 Å². The summed E-state index contributed by atoms with van der Waals surface area (Å²) in [4.78, 5) is 34.5. The summed E-state index contributed by atoms with van der Waals surface area (Å²) < 4.78 is 0. The van der Waals surface area contributed by atoms with Gasteiger partial charge in [-0.15, -0.1) is 0 Å². The standard InChI is InChI=1S/C10H12N2O4/c13-6-10(12-8(16)11-6)4-5-1-2-9(10,3-5)7(14)15/h5H,1-4H2,(H,14,15)(H2,11,12,13,16)/t5-,9-,10+/m0/s1. The molecule has 3 amide bonds. The molecule has 1 spiro atoms. The van der Waals surface area contributed by atoms with Gasteiger partial charge < -0.3 is 10.4 Å². The van der Waals surface area contributed by atoms with Crippen molar-refractivity contribution in [1.29, 1.82) is 0 Å². The second-order valence-corrected chi connectivity index (χ2v) is 5.01. The molecule has 1 saturated heterocycles. The third-order valence-electron chi connectivity index (χ3n) is 4.38.